The Morgan fingerprint density at radius 2 is 1.77 bits per heavy atom. The number of esters is 1. The molecule has 0 bridgehead atoms. The molecule has 0 aliphatic heterocycles. The van der Waals surface area contributed by atoms with Crippen LogP contribution in [-0.2, 0) is 16.1 Å². The predicted molar refractivity (Wildman–Crippen MR) is 90.2 cm³/mol. The number of benzene rings is 2. The van der Waals surface area contributed by atoms with Gasteiger partial charge in [-0.25, -0.2) is 9.18 Å². The zero-order valence-corrected chi connectivity index (χ0v) is 14.0. The summed E-state index contributed by atoms with van der Waals surface area (Å²) in [5.41, 5.74) is 1.13. The van der Waals surface area contributed by atoms with E-state index in [0.717, 1.165) is 0 Å². The molecule has 0 unspecified atom stereocenters. The van der Waals surface area contributed by atoms with Crippen LogP contribution in [0.15, 0.2) is 59.1 Å². The number of hydrogen-bond acceptors (Lipinski definition) is 6. The molecular weight excluding hydrogens is 341 g/mol. The van der Waals surface area contributed by atoms with Gasteiger partial charge in [-0.3, -0.25) is 0 Å². The van der Waals surface area contributed by atoms with Crippen LogP contribution < -0.4 is 9.47 Å². The van der Waals surface area contributed by atoms with Gasteiger partial charge in [0.1, 0.15) is 29.6 Å². The van der Waals surface area contributed by atoms with E-state index in [9.17, 15) is 9.18 Å². The number of carbonyl (C=O) groups is 1. The van der Waals surface area contributed by atoms with Crippen LogP contribution in [0.5, 0.6) is 11.5 Å². The molecule has 0 N–H and O–H groups in total. The molecule has 26 heavy (non-hydrogen) atoms. The zero-order chi connectivity index (χ0) is 18.4. The summed E-state index contributed by atoms with van der Waals surface area (Å²) in [6.07, 6.45) is 0. The Morgan fingerprint density at radius 1 is 1.08 bits per heavy atom. The minimum atomic E-state index is -0.535. The van der Waals surface area contributed by atoms with E-state index in [2.05, 4.69) is 5.16 Å². The lowest BCUT2D eigenvalue weighted by molar-refractivity contribution is -0.147. The van der Waals surface area contributed by atoms with Crippen molar-refractivity contribution in [2.45, 2.75) is 6.61 Å². The van der Waals surface area contributed by atoms with Gasteiger partial charge in [0.25, 0.3) is 0 Å². The normalized spacial score (nSPS) is 10.4. The lowest BCUT2D eigenvalue weighted by Gasteiger charge is -2.06. The van der Waals surface area contributed by atoms with Crippen LogP contribution in [0.2, 0.25) is 0 Å². The van der Waals surface area contributed by atoms with E-state index < -0.39 is 5.97 Å². The van der Waals surface area contributed by atoms with Crippen molar-refractivity contribution in [3.05, 3.63) is 66.1 Å². The third kappa shape index (κ3) is 4.60. The first-order valence-electron chi connectivity index (χ1n) is 7.78. The minimum Gasteiger partial charge on any atom is -0.497 e. The van der Waals surface area contributed by atoms with Gasteiger partial charge >= 0.3 is 5.97 Å². The third-order valence-corrected chi connectivity index (χ3v) is 3.48. The van der Waals surface area contributed by atoms with Crippen molar-refractivity contribution in [1.29, 1.82) is 0 Å². The highest BCUT2D eigenvalue weighted by Crippen LogP contribution is 2.21. The molecule has 134 valence electrons. The Bertz CT molecular complexity index is 858. The Kier molecular flexibility index (Phi) is 5.48. The van der Waals surface area contributed by atoms with Crippen molar-refractivity contribution >= 4 is 5.97 Å². The number of hydrogen-bond donors (Lipinski definition) is 0. The van der Waals surface area contributed by atoms with Crippen LogP contribution in [-0.4, -0.2) is 24.8 Å². The quantitative estimate of drug-likeness (QED) is 0.602. The number of nitrogens with zero attached hydrogens (tertiary/aromatic N) is 1. The highest BCUT2D eigenvalue weighted by atomic mass is 19.1. The summed E-state index contributed by atoms with van der Waals surface area (Å²) in [5.74, 6) is 0.822. The molecule has 7 heteroatoms. The average molecular weight is 357 g/mol. The van der Waals surface area contributed by atoms with Gasteiger partial charge in [0.2, 0.25) is 0 Å². The van der Waals surface area contributed by atoms with Gasteiger partial charge in [-0.1, -0.05) is 5.16 Å². The van der Waals surface area contributed by atoms with Crippen LogP contribution >= 0.6 is 0 Å². The van der Waals surface area contributed by atoms with Crippen molar-refractivity contribution in [1.82, 2.24) is 5.16 Å². The molecule has 3 aromatic rings. The molecule has 0 aliphatic carbocycles. The van der Waals surface area contributed by atoms with Crippen molar-refractivity contribution in [2.24, 2.45) is 0 Å². The summed E-state index contributed by atoms with van der Waals surface area (Å²) in [6.45, 7) is -0.273. The Morgan fingerprint density at radius 3 is 2.46 bits per heavy atom. The minimum absolute atomic E-state index is 0.0461. The summed E-state index contributed by atoms with van der Waals surface area (Å²) in [4.78, 5) is 11.8. The largest absolute Gasteiger partial charge is 0.497 e. The van der Waals surface area contributed by atoms with Gasteiger partial charge in [-0.15, -0.1) is 0 Å². The molecule has 6 nitrogen and oxygen atoms in total. The fourth-order valence-electron chi connectivity index (χ4n) is 2.14. The monoisotopic (exact) mass is 357 g/mol. The molecule has 0 fully saturated rings. The van der Waals surface area contributed by atoms with Gasteiger partial charge < -0.3 is 18.7 Å². The maximum atomic E-state index is 12.9. The van der Waals surface area contributed by atoms with Crippen LogP contribution in [0.4, 0.5) is 4.39 Å². The van der Waals surface area contributed by atoms with E-state index in [-0.39, 0.29) is 19.0 Å². The van der Waals surface area contributed by atoms with Gasteiger partial charge in [0.05, 0.1) is 7.11 Å². The number of rotatable bonds is 7. The summed E-state index contributed by atoms with van der Waals surface area (Å²) in [7, 11) is 1.57. The maximum Gasteiger partial charge on any atom is 0.344 e. The molecule has 0 saturated carbocycles. The van der Waals surface area contributed by atoms with Crippen LogP contribution in [0.25, 0.3) is 11.3 Å². The molecule has 2 aromatic carbocycles. The number of methoxy groups -OCH3 is 1. The van der Waals surface area contributed by atoms with E-state index in [1.807, 2.05) is 0 Å². The molecule has 0 atom stereocenters. The van der Waals surface area contributed by atoms with Crippen molar-refractivity contribution < 1.29 is 27.9 Å². The Balaban J connectivity index is 1.47. The smallest absolute Gasteiger partial charge is 0.344 e. The first-order valence-corrected chi connectivity index (χ1v) is 7.78. The van der Waals surface area contributed by atoms with Crippen molar-refractivity contribution in [2.75, 3.05) is 13.7 Å². The lowest BCUT2D eigenvalue weighted by Crippen LogP contribution is -2.14. The molecule has 1 heterocycles. The summed E-state index contributed by atoms with van der Waals surface area (Å²) in [6, 6.07) is 14.3. The van der Waals surface area contributed by atoms with Crippen molar-refractivity contribution in [3.63, 3.8) is 0 Å². The molecule has 0 amide bonds. The molecule has 0 radical (unpaired) electrons. The molecule has 3 rings (SSSR count). The Labute approximate surface area is 149 Å². The van der Waals surface area contributed by atoms with E-state index in [1.165, 1.54) is 12.1 Å². The molecule has 0 saturated heterocycles. The summed E-state index contributed by atoms with van der Waals surface area (Å²) < 4.78 is 33.6. The van der Waals surface area contributed by atoms with E-state index in [0.29, 0.717) is 28.5 Å². The SMILES string of the molecule is COc1ccc(OCC(=O)OCc2cc(-c3ccc(F)cc3)on2)cc1. The van der Waals surface area contributed by atoms with Gasteiger partial charge in [-0.05, 0) is 48.5 Å². The maximum absolute atomic E-state index is 12.9. The summed E-state index contributed by atoms with van der Waals surface area (Å²) >= 11 is 0. The lowest BCUT2D eigenvalue weighted by atomic mass is 10.1. The molecule has 0 spiro atoms. The number of halogens is 1. The first kappa shape index (κ1) is 17.5. The second-order valence-electron chi connectivity index (χ2n) is 5.31. The fraction of sp³-hybridized carbons (Fsp3) is 0.158. The first-order chi connectivity index (χ1) is 12.6. The van der Waals surface area contributed by atoms with E-state index in [4.69, 9.17) is 18.7 Å². The predicted octanol–water partition coefficient (Wildman–Crippen LogP) is 3.61. The summed E-state index contributed by atoms with van der Waals surface area (Å²) in [5, 5.41) is 3.82. The highest BCUT2D eigenvalue weighted by molar-refractivity contribution is 5.71. The van der Waals surface area contributed by atoms with Gasteiger partial charge in [0.15, 0.2) is 12.4 Å². The van der Waals surface area contributed by atoms with E-state index in [1.54, 1.807) is 49.6 Å². The number of carbonyl (C=O) groups excluding carboxylic acids is 1. The topological polar surface area (TPSA) is 70.8 Å². The standard InChI is InChI=1S/C19H16FNO5/c1-23-16-6-8-17(9-7-16)24-12-19(22)25-11-15-10-18(26-21-15)13-2-4-14(20)5-3-13/h2-10H,11-12H2,1H3. The van der Waals surface area contributed by atoms with E-state index >= 15 is 0 Å². The van der Waals surface area contributed by atoms with Gasteiger partial charge in [-0.2, -0.15) is 0 Å². The van der Waals surface area contributed by atoms with Crippen molar-refractivity contribution in [3.8, 4) is 22.8 Å². The van der Waals surface area contributed by atoms with Crippen LogP contribution in [0.3, 0.4) is 0 Å². The zero-order valence-electron chi connectivity index (χ0n) is 14.0. The molecule has 1 aromatic heterocycles. The fourth-order valence-corrected chi connectivity index (χ4v) is 2.14. The van der Waals surface area contributed by atoms with Gasteiger partial charge in [0, 0.05) is 11.6 Å². The van der Waals surface area contributed by atoms with Crippen LogP contribution in [0, 0.1) is 5.82 Å². The number of ether oxygens (including phenoxy) is 3. The third-order valence-electron chi connectivity index (χ3n) is 3.48. The molecular formula is C19H16FNO5. The average Bonchev–Trinajstić information content (AvgIpc) is 3.14. The van der Waals surface area contributed by atoms with Crippen LogP contribution in [0.1, 0.15) is 5.69 Å². The molecule has 0 aliphatic rings. The highest BCUT2D eigenvalue weighted by Gasteiger charge is 2.10. The Hall–Kier alpha value is -3.35. The number of aromatic nitrogens is 1. The second-order valence-corrected chi connectivity index (χ2v) is 5.31. The second kappa shape index (κ2) is 8.15.